The number of nitriles is 1. The third-order valence-corrected chi connectivity index (χ3v) is 3.48. The van der Waals surface area contributed by atoms with Crippen molar-refractivity contribution in [2.75, 3.05) is 0 Å². The highest BCUT2D eigenvalue weighted by Gasteiger charge is 2.08. The second-order valence-corrected chi connectivity index (χ2v) is 5.23. The molecule has 0 bridgehead atoms. The number of aryl methyl sites for hydroxylation is 1. The summed E-state index contributed by atoms with van der Waals surface area (Å²) in [6.07, 6.45) is 0.686. The number of rotatable bonds is 4. The first-order valence-electron chi connectivity index (χ1n) is 7.04. The zero-order valence-electron chi connectivity index (χ0n) is 12.3. The summed E-state index contributed by atoms with van der Waals surface area (Å²) in [7, 11) is 0. The summed E-state index contributed by atoms with van der Waals surface area (Å²) in [5, 5.41) is 20.9. The number of aromatic nitrogens is 4. The summed E-state index contributed by atoms with van der Waals surface area (Å²) in [5.41, 5.74) is 4.06. The molecule has 0 atom stereocenters. The molecule has 108 valence electrons. The largest absolute Gasteiger partial charge is 0.225 e. The molecule has 5 nitrogen and oxygen atoms in total. The van der Waals surface area contributed by atoms with Crippen LogP contribution in [-0.4, -0.2) is 20.2 Å². The molecule has 22 heavy (non-hydrogen) atoms. The van der Waals surface area contributed by atoms with Gasteiger partial charge in [-0.05, 0) is 40.6 Å². The number of hydrogen-bond donors (Lipinski definition) is 0. The van der Waals surface area contributed by atoms with Crippen molar-refractivity contribution < 1.29 is 0 Å². The summed E-state index contributed by atoms with van der Waals surface area (Å²) >= 11 is 0. The van der Waals surface area contributed by atoms with Crippen molar-refractivity contribution in [3.8, 4) is 6.07 Å². The van der Waals surface area contributed by atoms with Crippen LogP contribution in [0.25, 0.3) is 0 Å². The van der Waals surface area contributed by atoms with Crippen LogP contribution in [-0.2, 0) is 13.0 Å². The summed E-state index contributed by atoms with van der Waals surface area (Å²) in [6.45, 7) is 2.62. The van der Waals surface area contributed by atoms with Crippen LogP contribution in [0.15, 0.2) is 48.5 Å². The first kappa shape index (κ1) is 14.0. The Morgan fingerprint density at radius 1 is 1.09 bits per heavy atom. The van der Waals surface area contributed by atoms with Crippen molar-refractivity contribution in [1.82, 2.24) is 20.2 Å². The molecule has 0 aliphatic carbocycles. The van der Waals surface area contributed by atoms with Gasteiger partial charge >= 0.3 is 0 Å². The van der Waals surface area contributed by atoms with Gasteiger partial charge in [-0.15, -0.1) is 5.10 Å². The van der Waals surface area contributed by atoms with Crippen LogP contribution in [0.3, 0.4) is 0 Å². The predicted molar refractivity (Wildman–Crippen MR) is 82.1 cm³/mol. The predicted octanol–water partition coefficient (Wildman–Crippen LogP) is 2.49. The maximum absolute atomic E-state index is 8.96. The maximum atomic E-state index is 8.96. The lowest BCUT2D eigenvalue weighted by Gasteiger charge is -2.05. The smallest absolute Gasteiger partial charge is 0.156 e. The van der Waals surface area contributed by atoms with Crippen molar-refractivity contribution >= 4 is 0 Å². The van der Waals surface area contributed by atoms with Gasteiger partial charge in [0.15, 0.2) is 5.82 Å². The van der Waals surface area contributed by atoms with Crippen molar-refractivity contribution in [3.05, 3.63) is 76.6 Å². The fraction of sp³-hybridized carbons (Fsp3) is 0.176. The maximum Gasteiger partial charge on any atom is 0.156 e. The van der Waals surface area contributed by atoms with Crippen LogP contribution in [0.4, 0.5) is 0 Å². The van der Waals surface area contributed by atoms with Gasteiger partial charge in [0.25, 0.3) is 0 Å². The zero-order chi connectivity index (χ0) is 15.4. The third kappa shape index (κ3) is 3.18. The first-order valence-corrected chi connectivity index (χ1v) is 7.04. The van der Waals surface area contributed by atoms with Crippen LogP contribution in [0.1, 0.15) is 28.1 Å². The van der Waals surface area contributed by atoms with Gasteiger partial charge in [0.2, 0.25) is 0 Å². The molecule has 0 radical (unpaired) electrons. The summed E-state index contributed by atoms with van der Waals surface area (Å²) < 4.78 is 1.77. The minimum Gasteiger partial charge on any atom is -0.225 e. The Morgan fingerprint density at radius 2 is 1.91 bits per heavy atom. The molecular weight excluding hydrogens is 274 g/mol. The van der Waals surface area contributed by atoms with E-state index in [0.717, 1.165) is 11.4 Å². The lowest BCUT2D eigenvalue weighted by molar-refractivity contribution is 0.625. The Bertz CT molecular complexity index is 812. The van der Waals surface area contributed by atoms with Gasteiger partial charge in [0, 0.05) is 6.42 Å². The van der Waals surface area contributed by atoms with Crippen molar-refractivity contribution in [2.45, 2.75) is 19.9 Å². The van der Waals surface area contributed by atoms with E-state index in [4.69, 9.17) is 5.26 Å². The number of tetrazole rings is 1. The lowest BCUT2D eigenvalue weighted by Crippen LogP contribution is -2.08. The molecule has 5 heteroatoms. The molecule has 3 rings (SSSR count). The van der Waals surface area contributed by atoms with E-state index in [0.29, 0.717) is 18.5 Å². The normalized spacial score (nSPS) is 10.4. The Kier molecular flexibility index (Phi) is 3.92. The van der Waals surface area contributed by atoms with Gasteiger partial charge in [0.1, 0.15) is 0 Å². The monoisotopic (exact) mass is 289 g/mol. The standard InChI is InChI=1S/C17H15N5/c1-13-5-7-14(8-6-13)10-17-19-20-21-22(17)12-16-4-2-3-15(9-16)11-18/h2-9H,10,12H2,1H3. The van der Waals surface area contributed by atoms with Crippen LogP contribution >= 0.6 is 0 Å². The minimum atomic E-state index is 0.559. The topological polar surface area (TPSA) is 67.4 Å². The molecule has 0 saturated heterocycles. The molecule has 0 saturated carbocycles. The van der Waals surface area contributed by atoms with Gasteiger partial charge in [-0.3, -0.25) is 0 Å². The van der Waals surface area contributed by atoms with Crippen LogP contribution in [0.2, 0.25) is 0 Å². The fourth-order valence-corrected chi connectivity index (χ4v) is 2.27. The number of nitrogens with zero attached hydrogens (tertiary/aromatic N) is 5. The highest BCUT2D eigenvalue weighted by atomic mass is 15.5. The van der Waals surface area contributed by atoms with Gasteiger partial charge in [-0.2, -0.15) is 5.26 Å². The van der Waals surface area contributed by atoms with E-state index in [1.165, 1.54) is 11.1 Å². The van der Waals surface area contributed by atoms with Gasteiger partial charge in [-0.25, -0.2) is 4.68 Å². The van der Waals surface area contributed by atoms with Gasteiger partial charge in [-0.1, -0.05) is 42.0 Å². The van der Waals surface area contributed by atoms with Gasteiger partial charge in [0.05, 0.1) is 18.2 Å². The molecule has 1 heterocycles. The van der Waals surface area contributed by atoms with E-state index < -0.39 is 0 Å². The Morgan fingerprint density at radius 3 is 2.68 bits per heavy atom. The van der Waals surface area contributed by atoms with E-state index in [9.17, 15) is 0 Å². The second-order valence-electron chi connectivity index (χ2n) is 5.23. The molecule has 0 fully saturated rings. The van der Waals surface area contributed by atoms with E-state index in [1.54, 1.807) is 10.7 Å². The van der Waals surface area contributed by atoms with Crippen molar-refractivity contribution in [2.24, 2.45) is 0 Å². The highest BCUT2D eigenvalue weighted by Crippen LogP contribution is 2.11. The van der Waals surface area contributed by atoms with E-state index in [1.807, 2.05) is 18.2 Å². The lowest BCUT2D eigenvalue weighted by atomic mass is 10.1. The minimum absolute atomic E-state index is 0.559. The summed E-state index contributed by atoms with van der Waals surface area (Å²) in [6, 6.07) is 18.0. The molecule has 1 aromatic heterocycles. The molecule has 0 N–H and O–H groups in total. The quantitative estimate of drug-likeness (QED) is 0.740. The number of benzene rings is 2. The molecule has 0 aliphatic heterocycles. The van der Waals surface area contributed by atoms with E-state index in [2.05, 4.69) is 52.8 Å². The van der Waals surface area contributed by atoms with Crippen LogP contribution in [0, 0.1) is 18.3 Å². The molecule has 0 unspecified atom stereocenters. The van der Waals surface area contributed by atoms with E-state index >= 15 is 0 Å². The fourth-order valence-electron chi connectivity index (χ4n) is 2.27. The molecule has 0 aliphatic rings. The van der Waals surface area contributed by atoms with E-state index in [-0.39, 0.29) is 0 Å². The third-order valence-electron chi connectivity index (χ3n) is 3.48. The zero-order valence-corrected chi connectivity index (χ0v) is 12.3. The summed E-state index contributed by atoms with van der Waals surface area (Å²) in [5.74, 6) is 0.811. The summed E-state index contributed by atoms with van der Waals surface area (Å²) in [4.78, 5) is 0. The Hall–Kier alpha value is -3.00. The molecule has 0 spiro atoms. The average molecular weight is 289 g/mol. The van der Waals surface area contributed by atoms with Crippen molar-refractivity contribution in [1.29, 1.82) is 5.26 Å². The van der Waals surface area contributed by atoms with Gasteiger partial charge < -0.3 is 0 Å². The van der Waals surface area contributed by atoms with Crippen LogP contribution in [0.5, 0.6) is 0 Å². The molecule has 3 aromatic rings. The Labute approximate surface area is 128 Å². The van der Waals surface area contributed by atoms with Crippen LogP contribution < -0.4 is 0 Å². The molecule has 0 amide bonds. The SMILES string of the molecule is Cc1ccc(Cc2nnnn2Cc2cccc(C#N)c2)cc1. The molecular formula is C17H15N5. The average Bonchev–Trinajstić information content (AvgIpc) is 2.97. The second kappa shape index (κ2) is 6.19. The first-order chi connectivity index (χ1) is 10.7. The number of hydrogen-bond acceptors (Lipinski definition) is 4. The van der Waals surface area contributed by atoms with Crippen molar-refractivity contribution in [3.63, 3.8) is 0 Å². The Balaban J connectivity index is 1.80. The highest BCUT2D eigenvalue weighted by molar-refractivity contribution is 5.33. The molecule has 2 aromatic carbocycles.